The zero-order chi connectivity index (χ0) is 14.1. The minimum atomic E-state index is -0.506. The summed E-state index contributed by atoms with van der Waals surface area (Å²) in [6, 6.07) is 7.30. The number of hydrogen-bond donors (Lipinski definition) is 3. The van der Waals surface area contributed by atoms with Crippen LogP contribution in [0.25, 0.3) is 0 Å². The molecule has 0 saturated heterocycles. The maximum Gasteiger partial charge on any atom is 0.243 e. The number of halogens is 1. The molecule has 7 heteroatoms. The van der Waals surface area contributed by atoms with E-state index in [0.717, 1.165) is 10.2 Å². The Kier molecular flexibility index (Phi) is 7.09. The van der Waals surface area contributed by atoms with E-state index in [4.69, 9.17) is 10.5 Å². The average molecular weight is 330 g/mol. The van der Waals surface area contributed by atoms with Crippen LogP contribution in [0.2, 0.25) is 0 Å². The third kappa shape index (κ3) is 7.55. The minimum absolute atomic E-state index is 0.104. The van der Waals surface area contributed by atoms with Gasteiger partial charge in [0.15, 0.2) is 0 Å². The predicted molar refractivity (Wildman–Crippen MR) is 75.7 cm³/mol. The van der Waals surface area contributed by atoms with E-state index >= 15 is 0 Å². The Morgan fingerprint density at radius 1 is 1.26 bits per heavy atom. The number of anilines is 1. The second-order valence-electron chi connectivity index (χ2n) is 3.75. The van der Waals surface area contributed by atoms with Crippen molar-refractivity contribution in [2.45, 2.75) is 0 Å². The fourth-order valence-electron chi connectivity index (χ4n) is 1.26. The first-order valence-corrected chi connectivity index (χ1v) is 6.49. The third-order valence-corrected chi connectivity index (χ3v) is 2.61. The molecule has 0 aromatic heterocycles. The van der Waals surface area contributed by atoms with Crippen molar-refractivity contribution in [1.82, 2.24) is 5.32 Å². The van der Waals surface area contributed by atoms with Gasteiger partial charge in [-0.1, -0.05) is 15.9 Å². The first kappa shape index (κ1) is 15.6. The zero-order valence-corrected chi connectivity index (χ0v) is 11.9. The number of ether oxygens (including phenoxy) is 1. The van der Waals surface area contributed by atoms with Gasteiger partial charge in [0.2, 0.25) is 11.8 Å². The highest BCUT2D eigenvalue weighted by atomic mass is 79.9. The highest BCUT2D eigenvalue weighted by Crippen LogP contribution is 2.13. The lowest BCUT2D eigenvalue weighted by Gasteiger charge is -2.07. The lowest BCUT2D eigenvalue weighted by molar-refractivity contribution is -0.122. The van der Waals surface area contributed by atoms with Gasteiger partial charge in [0.05, 0.1) is 13.2 Å². The fourth-order valence-corrected chi connectivity index (χ4v) is 1.52. The first-order chi connectivity index (χ1) is 9.08. The number of nitrogens with two attached hydrogens (primary N) is 1. The van der Waals surface area contributed by atoms with Crippen LogP contribution in [-0.2, 0) is 14.3 Å². The van der Waals surface area contributed by atoms with E-state index in [9.17, 15) is 9.59 Å². The predicted octanol–water partition coefficient (Wildman–Crippen LogP) is 0.479. The summed E-state index contributed by atoms with van der Waals surface area (Å²) in [6.07, 6.45) is 0. The summed E-state index contributed by atoms with van der Waals surface area (Å²) in [5.41, 5.74) is 5.64. The van der Waals surface area contributed by atoms with Crippen LogP contribution in [-0.4, -0.2) is 38.1 Å². The van der Waals surface area contributed by atoms with E-state index in [0.29, 0.717) is 13.2 Å². The van der Waals surface area contributed by atoms with Crippen LogP contribution in [0.4, 0.5) is 5.69 Å². The van der Waals surface area contributed by atoms with E-state index in [2.05, 4.69) is 26.6 Å². The molecule has 0 aliphatic heterocycles. The summed E-state index contributed by atoms with van der Waals surface area (Å²) in [5.74, 6) is -0.648. The number of amides is 2. The van der Waals surface area contributed by atoms with Crippen molar-refractivity contribution in [2.75, 3.05) is 31.6 Å². The topological polar surface area (TPSA) is 93.5 Å². The Balaban J connectivity index is 2.11. The number of rotatable bonds is 8. The van der Waals surface area contributed by atoms with E-state index in [-0.39, 0.29) is 19.1 Å². The largest absolute Gasteiger partial charge is 0.370 e. The van der Waals surface area contributed by atoms with Crippen molar-refractivity contribution in [1.29, 1.82) is 0 Å². The summed E-state index contributed by atoms with van der Waals surface area (Å²) < 4.78 is 5.89. The molecule has 0 spiro atoms. The number of carbonyl (C=O) groups excluding carboxylic acids is 2. The number of primary amides is 1. The molecule has 2 amide bonds. The van der Waals surface area contributed by atoms with Gasteiger partial charge >= 0.3 is 0 Å². The molecular formula is C12H16BrN3O3. The summed E-state index contributed by atoms with van der Waals surface area (Å²) in [6.45, 7) is 0.873. The Labute approximate surface area is 119 Å². The molecule has 19 heavy (non-hydrogen) atoms. The molecule has 104 valence electrons. The van der Waals surface area contributed by atoms with E-state index in [1.807, 2.05) is 12.1 Å². The van der Waals surface area contributed by atoms with Gasteiger partial charge in [-0.05, 0) is 24.3 Å². The maximum atomic E-state index is 11.5. The van der Waals surface area contributed by atoms with Gasteiger partial charge < -0.3 is 21.1 Å². The smallest absolute Gasteiger partial charge is 0.243 e. The molecule has 0 saturated carbocycles. The molecule has 0 unspecified atom stereocenters. The number of nitrogens with one attached hydrogen (secondary N) is 2. The number of hydrogen-bond acceptors (Lipinski definition) is 4. The Bertz CT molecular complexity index is 423. The molecule has 1 aromatic carbocycles. The van der Waals surface area contributed by atoms with Crippen molar-refractivity contribution < 1.29 is 14.3 Å². The zero-order valence-electron chi connectivity index (χ0n) is 10.3. The molecule has 6 nitrogen and oxygen atoms in total. The fraction of sp³-hybridized carbons (Fsp3) is 0.333. The van der Waals surface area contributed by atoms with Gasteiger partial charge in [-0.15, -0.1) is 0 Å². The Hall–Kier alpha value is -1.44. The van der Waals surface area contributed by atoms with Gasteiger partial charge in [-0.25, -0.2) is 0 Å². The quantitative estimate of drug-likeness (QED) is 0.605. The first-order valence-electron chi connectivity index (χ1n) is 5.70. The van der Waals surface area contributed by atoms with E-state index < -0.39 is 5.91 Å². The van der Waals surface area contributed by atoms with Crippen LogP contribution < -0.4 is 16.4 Å². The molecule has 1 aromatic rings. The molecule has 0 radical (unpaired) electrons. The van der Waals surface area contributed by atoms with Gasteiger partial charge in [0.1, 0.15) is 6.61 Å². The maximum absolute atomic E-state index is 11.5. The Morgan fingerprint density at radius 3 is 2.58 bits per heavy atom. The van der Waals surface area contributed by atoms with E-state index in [1.54, 1.807) is 12.1 Å². The highest BCUT2D eigenvalue weighted by Gasteiger charge is 2.01. The third-order valence-electron chi connectivity index (χ3n) is 2.08. The molecule has 0 atom stereocenters. The molecule has 0 aliphatic rings. The van der Waals surface area contributed by atoms with Crippen LogP contribution in [0.3, 0.4) is 0 Å². The van der Waals surface area contributed by atoms with E-state index in [1.165, 1.54) is 0 Å². The summed E-state index contributed by atoms with van der Waals surface area (Å²) in [5, 5.41) is 5.63. The second-order valence-corrected chi connectivity index (χ2v) is 4.67. The van der Waals surface area contributed by atoms with Crippen molar-refractivity contribution in [2.24, 2.45) is 5.73 Å². The molecule has 0 aliphatic carbocycles. The number of carbonyl (C=O) groups is 2. The van der Waals surface area contributed by atoms with Crippen LogP contribution in [0.1, 0.15) is 0 Å². The van der Waals surface area contributed by atoms with Crippen LogP contribution in [0, 0.1) is 0 Å². The average Bonchev–Trinajstić information content (AvgIpc) is 2.36. The standard InChI is InChI=1S/C12H16BrN3O3/c13-9-1-3-10(4-2-9)16-12(18)7-15-5-6-19-8-11(14)17/h1-4,15H,5-8H2,(H2,14,17)(H,16,18). The van der Waals surface area contributed by atoms with Crippen molar-refractivity contribution in [3.05, 3.63) is 28.7 Å². The van der Waals surface area contributed by atoms with Gasteiger partial charge in [-0.2, -0.15) is 0 Å². The van der Waals surface area contributed by atoms with Crippen molar-refractivity contribution >= 4 is 33.4 Å². The lowest BCUT2D eigenvalue weighted by atomic mass is 10.3. The molecule has 0 bridgehead atoms. The molecular weight excluding hydrogens is 314 g/mol. The molecule has 1 rings (SSSR count). The summed E-state index contributed by atoms with van der Waals surface area (Å²) in [7, 11) is 0. The van der Waals surface area contributed by atoms with Gasteiger partial charge in [0, 0.05) is 16.7 Å². The monoisotopic (exact) mass is 329 g/mol. The Morgan fingerprint density at radius 2 is 1.95 bits per heavy atom. The lowest BCUT2D eigenvalue weighted by Crippen LogP contribution is -2.31. The van der Waals surface area contributed by atoms with Crippen molar-refractivity contribution in [3.63, 3.8) is 0 Å². The van der Waals surface area contributed by atoms with Crippen LogP contribution in [0.5, 0.6) is 0 Å². The minimum Gasteiger partial charge on any atom is -0.370 e. The number of benzene rings is 1. The van der Waals surface area contributed by atoms with Crippen LogP contribution >= 0.6 is 15.9 Å². The molecule has 0 heterocycles. The molecule has 4 N–H and O–H groups in total. The summed E-state index contributed by atoms with van der Waals surface area (Å²) in [4.78, 5) is 21.9. The van der Waals surface area contributed by atoms with Gasteiger partial charge in [-0.3, -0.25) is 9.59 Å². The molecule has 0 fully saturated rings. The van der Waals surface area contributed by atoms with Crippen molar-refractivity contribution in [3.8, 4) is 0 Å². The normalized spacial score (nSPS) is 10.2. The van der Waals surface area contributed by atoms with Gasteiger partial charge in [0.25, 0.3) is 0 Å². The SMILES string of the molecule is NC(=O)COCCNCC(=O)Nc1ccc(Br)cc1. The van der Waals surface area contributed by atoms with Crippen LogP contribution in [0.15, 0.2) is 28.7 Å². The second kappa shape index (κ2) is 8.63. The highest BCUT2D eigenvalue weighted by molar-refractivity contribution is 9.10. The summed E-state index contributed by atoms with van der Waals surface area (Å²) >= 11 is 3.32.